The smallest absolute Gasteiger partial charge is 0.251 e. The maximum Gasteiger partial charge on any atom is 0.251 e. The van der Waals surface area contributed by atoms with Gasteiger partial charge in [0.15, 0.2) is 0 Å². The Morgan fingerprint density at radius 1 is 0.875 bits per heavy atom. The van der Waals surface area contributed by atoms with E-state index in [1.807, 2.05) is 36.4 Å². The van der Waals surface area contributed by atoms with Crippen molar-refractivity contribution in [3.63, 3.8) is 0 Å². The highest BCUT2D eigenvalue weighted by atomic mass is 16.2. The van der Waals surface area contributed by atoms with Gasteiger partial charge in [-0.3, -0.25) is 14.6 Å². The van der Waals surface area contributed by atoms with E-state index in [1.54, 1.807) is 30.5 Å². The molecule has 0 spiro atoms. The Labute approximate surface area is 139 Å². The Morgan fingerprint density at radius 2 is 1.62 bits per heavy atom. The van der Waals surface area contributed by atoms with Crippen molar-refractivity contribution >= 4 is 22.7 Å². The summed E-state index contributed by atoms with van der Waals surface area (Å²) in [5, 5.41) is 6.43. The first-order chi connectivity index (χ1) is 11.7. The molecule has 3 aromatic rings. The van der Waals surface area contributed by atoms with E-state index in [-0.39, 0.29) is 18.4 Å². The van der Waals surface area contributed by atoms with E-state index in [0.29, 0.717) is 12.1 Å². The molecular weight excluding hydrogens is 302 g/mol. The number of carbonyl (C=O) groups excluding carboxylic acids is 2. The number of fused-ring (bicyclic) bond motifs is 1. The van der Waals surface area contributed by atoms with Crippen molar-refractivity contribution in [1.29, 1.82) is 0 Å². The van der Waals surface area contributed by atoms with Crippen LogP contribution in [0, 0.1) is 0 Å². The number of rotatable bonds is 5. The Balaban J connectivity index is 1.55. The standard InChI is InChI=1S/C19H17N3O2/c23-18(13-22-19(24)14-6-2-1-3-7-14)21-12-15-10-11-20-17-9-5-4-8-16(15)17/h1-11H,12-13H2,(H,21,23)(H,22,24). The molecule has 0 fully saturated rings. The Hall–Kier alpha value is -3.21. The zero-order chi connectivity index (χ0) is 16.8. The SMILES string of the molecule is O=C(CNC(=O)c1ccccc1)NCc1ccnc2ccccc12. The monoisotopic (exact) mass is 319 g/mol. The molecule has 2 amide bonds. The van der Waals surface area contributed by atoms with Gasteiger partial charge in [-0.25, -0.2) is 0 Å². The molecule has 1 heterocycles. The molecular formula is C19H17N3O2. The summed E-state index contributed by atoms with van der Waals surface area (Å²) < 4.78 is 0. The van der Waals surface area contributed by atoms with Crippen LogP contribution in [0.5, 0.6) is 0 Å². The zero-order valence-electron chi connectivity index (χ0n) is 13.0. The number of benzene rings is 2. The molecule has 0 aliphatic carbocycles. The van der Waals surface area contributed by atoms with Crippen molar-refractivity contribution in [3.8, 4) is 0 Å². The highest BCUT2D eigenvalue weighted by Gasteiger charge is 2.08. The second kappa shape index (κ2) is 7.37. The first kappa shape index (κ1) is 15.7. The molecule has 120 valence electrons. The number of nitrogens with zero attached hydrogens (tertiary/aromatic N) is 1. The number of hydrogen-bond acceptors (Lipinski definition) is 3. The molecule has 0 radical (unpaired) electrons. The lowest BCUT2D eigenvalue weighted by molar-refractivity contribution is -0.120. The number of amides is 2. The minimum absolute atomic E-state index is 0.0588. The molecule has 5 nitrogen and oxygen atoms in total. The van der Waals surface area contributed by atoms with Crippen molar-refractivity contribution in [2.75, 3.05) is 6.54 Å². The van der Waals surface area contributed by atoms with E-state index < -0.39 is 0 Å². The van der Waals surface area contributed by atoms with Gasteiger partial charge >= 0.3 is 0 Å². The maximum atomic E-state index is 11.9. The molecule has 0 unspecified atom stereocenters. The van der Waals surface area contributed by atoms with E-state index in [4.69, 9.17) is 0 Å². The number of aromatic nitrogens is 1. The van der Waals surface area contributed by atoms with Crippen LogP contribution in [0.25, 0.3) is 10.9 Å². The molecule has 0 saturated heterocycles. The van der Waals surface area contributed by atoms with Crippen molar-refractivity contribution in [2.24, 2.45) is 0 Å². The summed E-state index contributed by atoms with van der Waals surface area (Å²) in [6, 6.07) is 18.5. The fraction of sp³-hybridized carbons (Fsp3) is 0.105. The molecule has 5 heteroatoms. The van der Waals surface area contributed by atoms with Crippen LogP contribution in [0.4, 0.5) is 0 Å². The second-order valence-corrected chi connectivity index (χ2v) is 5.31. The number of carbonyl (C=O) groups is 2. The Kier molecular flexibility index (Phi) is 4.81. The predicted octanol–water partition coefficient (Wildman–Crippen LogP) is 2.28. The number of pyridine rings is 1. The summed E-state index contributed by atoms with van der Waals surface area (Å²) in [6.45, 7) is 0.333. The lowest BCUT2D eigenvalue weighted by Gasteiger charge is -2.09. The average Bonchev–Trinajstić information content (AvgIpc) is 2.65. The van der Waals surface area contributed by atoms with E-state index in [9.17, 15) is 9.59 Å². The fourth-order valence-corrected chi connectivity index (χ4v) is 2.42. The first-order valence-corrected chi connectivity index (χ1v) is 7.66. The van der Waals surface area contributed by atoms with Crippen molar-refractivity contribution in [1.82, 2.24) is 15.6 Å². The topological polar surface area (TPSA) is 71.1 Å². The molecule has 0 atom stereocenters. The summed E-state index contributed by atoms with van der Waals surface area (Å²) in [4.78, 5) is 28.1. The third kappa shape index (κ3) is 3.76. The highest BCUT2D eigenvalue weighted by Crippen LogP contribution is 2.15. The fourth-order valence-electron chi connectivity index (χ4n) is 2.42. The molecule has 24 heavy (non-hydrogen) atoms. The molecule has 2 N–H and O–H groups in total. The van der Waals surface area contributed by atoms with Crippen molar-refractivity contribution in [3.05, 3.63) is 78.0 Å². The largest absolute Gasteiger partial charge is 0.350 e. The van der Waals surface area contributed by atoms with Gasteiger partial charge in [0.1, 0.15) is 0 Å². The van der Waals surface area contributed by atoms with Crippen LogP contribution >= 0.6 is 0 Å². The normalized spacial score (nSPS) is 10.3. The molecule has 0 aliphatic heterocycles. The first-order valence-electron chi connectivity index (χ1n) is 7.66. The van der Waals surface area contributed by atoms with Gasteiger partial charge in [0.2, 0.25) is 5.91 Å². The highest BCUT2D eigenvalue weighted by molar-refractivity contribution is 5.96. The van der Waals surface area contributed by atoms with Gasteiger partial charge in [-0.1, -0.05) is 36.4 Å². The Morgan fingerprint density at radius 3 is 2.46 bits per heavy atom. The van der Waals surface area contributed by atoms with Crippen LogP contribution in [0.3, 0.4) is 0 Å². The number of hydrogen-bond donors (Lipinski definition) is 2. The molecule has 2 aromatic carbocycles. The van der Waals surface area contributed by atoms with Crippen LogP contribution in [0.15, 0.2) is 66.9 Å². The van der Waals surface area contributed by atoms with Gasteiger partial charge in [0, 0.05) is 23.7 Å². The minimum Gasteiger partial charge on any atom is -0.350 e. The third-order valence-electron chi connectivity index (χ3n) is 3.66. The number of nitrogens with one attached hydrogen (secondary N) is 2. The summed E-state index contributed by atoms with van der Waals surface area (Å²) in [5.41, 5.74) is 2.41. The van der Waals surface area contributed by atoms with Crippen LogP contribution in [-0.2, 0) is 11.3 Å². The maximum absolute atomic E-state index is 11.9. The average molecular weight is 319 g/mol. The summed E-state index contributed by atoms with van der Waals surface area (Å²) in [5.74, 6) is -0.500. The quantitative estimate of drug-likeness (QED) is 0.758. The zero-order valence-corrected chi connectivity index (χ0v) is 13.0. The van der Waals surface area contributed by atoms with Gasteiger partial charge in [-0.15, -0.1) is 0 Å². The van der Waals surface area contributed by atoms with Crippen molar-refractivity contribution in [2.45, 2.75) is 6.54 Å². The van der Waals surface area contributed by atoms with Gasteiger partial charge in [0.25, 0.3) is 5.91 Å². The van der Waals surface area contributed by atoms with Crippen LogP contribution < -0.4 is 10.6 Å². The lowest BCUT2D eigenvalue weighted by Crippen LogP contribution is -2.36. The van der Waals surface area contributed by atoms with Gasteiger partial charge in [-0.05, 0) is 29.8 Å². The lowest BCUT2D eigenvalue weighted by atomic mass is 10.1. The molecule has 3 rings (SSSR count). The molecule has 1 aromatic heterocycles. The van der Waals surface area contributed by atoms with Gasteiger partial charge in [-0.2, -0.15) is 0 Å². The van der Waals surface area contributed by atoms with Gasteiger partial charge in [0.05, 0.1) is 12.1 Å². The minimum atomic E-state index is -0.264. The van der Waals surface area contributed by atoms with Crippen LogP contribution in [-0.4, -0.2) is 23.3 Å². The summed E-state index contributed by atoms with van der Waals surface area (Å²) >= 11 is 0. The Bertz CT molecular complexity index is 857. The third-order valence-corrected chi connectivity index (χ3v) is 3.66. The van der Waals surface area contributed by atoms with E-state index in [1.165, 1.54) is 0 Å². The molecule has 0 aliphatic rings. The molecule has 0 saturated carbocycles. The van der Waals surface area contributed by atoms with Crippen LogP contribution in [0.2, 0.25) is 0 Å². The van der Waals surface area contributed by atoms with E-state index in [0.717, 1.165) is 16.5 Å². The summed E-state index contributed by atoms with van der Waals surface area (Å²) in [6.07, 6.45) is 1.72. The van der Waals surface area contributed by atoms with Crippen molar-refractivity contribution < 1.29 is 9.59 Å². The van der Waals surface area contributed by atoms with E-state index >= 15 is 0 Å². The second-order valence-electron chi connectivity index (χ2n) is 5.31. The van der Waals surface area contributed by atoms with E-state index in [2.05, 4.69) is 15.6 Å². The van der Waals surface area contributed by atoms with Gasteiger partial charge < -0.3 is 10.6 Å². The molecule has 0 bridgehead atoms. The van der Waals surface area contributed by atoms with Crippen LogP contribution in [0.1, 0.15) is 15.9 Å². The predicted molar refractivity (Wildman–Crippen MR) is 92.4 cm³/mol. The number of para-hydroxylation sites is 1. The summed E-state index contributed by atoms with van der Waals surface area (Å²) in [7, 11) is 0.